The number of benzene rings is 2. The summed E-state index contributed by atoms with van der Waals surface area (Å²) in [4.78, 5) is 11.1. The highest BCUT2D eigenvalue weighted by Gasteiger charge is 2.03. The van der Waals surface area contributed by atoms with Crippen LogP contribution in [-0.2, 0) is 11.2 Å². The van der Waals surface area contributed by atoms with Gasteiger partial charge in [-0.1, -0.05) is 59.1 Å². The maximum absolute atomic E-state index is 11.1. The third-order valence-electron chi connectivity index (χ3n) is 2.94. The highest BCUT2D eigenvalue weighted by Crippen LogP contribution is 2.21. The predicted molar refractivity (Wildman–Crippen MR) is 85.9 cm³/mol. The first kappa shape index (κ1) is 14.3. The first-order valence-corrected chi connectivity index (χ1v) is 7.15. The van der Waals surface area contributed by atoms with E-state index in [1.54, 1.807) is 0 Å². The Morgan fingerprint density at radius 2 is 1.80 bits per heavy atom. The molecule has 0 radical (unpaired) electrons. The third-order valence-corrected chi connectivity index (χ3v) is 3.63. The van der Waals surface area contributed by atoms with Crippen LogP contribution in [0.3, 0.4) is 0 Å². The van der Waals surface area contributed by atoms with Gasteiger partial charge < -0.3 is 0 Å². The van der Waals surface area contributed by atoms with Gasteiger partial charge >= 0.3 is 0 Å². The fraction of sp³-hybridized carbons (Fsp3) is 0.111. The summed E-state index contributed by atoms with van der Waals surface area (Å²) in [6.45, 7) is 2.11. The minimum Gasteiger partial charge on any atom is -0.232 e. The van der Waals surface area contributed by atoms with E-state index in [1.807, 2.05) is 54.5 Å². The highest BCUT2D eigenvalue weighted by molar-refractivity contribution is 9.10. The lowest BCUT2D eigenvalue weighted by atomic mass is 10.1. The van der Waals surface area contributed by atoms with E-state index in [9.17, 15) is 4.79 Å². The van der Waals surface area contributed by atoms with Crippen molar-refractivity contribution in [1.82, 2.24) is 0 Å². The van der Waals surface area contributed by atoms with Crippen molar-refractivity contribution in [3.05, 3.63) is 69.7 Å². The average molecular weight is 325 g/mol. The van der Waals surface area contributed by atoms with Crippen LogP contribution in [0, 0.1) is 11.8 Å². The molecule has 0 aliphatic rings. The summed E-state index contributed by atoms with van der Waals surface area (Å²) in [6, 6.07) is 15.5. The summed E-state index contributed by atoms with van der Waals surface area (Å²) in [5.74, 6) is 7.81. The maximum Gasteiger partial charge on any atom is 0.142 e. The van der Waals surface area contributed by atoms with Crippen LogP contribution in [0.4, 0.5) is 0 Å². The van der Waals surface area contributed by atoms with Gasteiger partial charge in [-0.3, -0.25) is 0 Å². The Bertz CT molecular complexity index is 711. The minimum absolute atomic E-state index is 0.358. The molecule has 0 N–H and O–H groups in total. The van der Waals surface area contributed by atoms with Gasteiger partial charge in [0.25, 0.3) is 0 Å². The topological polar surface area (TPSA) is 17.1 Å². The van der Waals surface area contributed by atoms with E-state index in [0.29, 0.717) is 5.57 Å². The maximum atomic E-state index is 11.1. The van der Waals surface area contributed by atoms with Gasteiger partial charge in [-0.25, -0.2) is 4.79 Å². The lowest BCUT2D eigenvalue weighted by Crippen LogP contribution is -1.85. The van der Waals surface area contributed by atoms with Gasteiger partial charge in [-0.15, -0.1) is 0 Å². The number of hydrogen-bond acceptors (Lipinski definition) is 1. The van der Waals surface area contributed by atoms with Crippen molar-refractivity contribution in [3.8, 4) is 11.8 Å². The molecule has 0 aromatic heterocycles. The van der Waals surface area contributed by atoms with Gasteiger partial charge in [-0.05, 0) is 36.1 Å². The van der Waals surface area contributed by atoms with Crippen LogP contribution in [-0.4, -0.2) is 5.94 Å². The number of aryl methyl sites for hydroxylation is 1. The van der Waals surface area contributed by atoms with E-state index >= 15 is 0 Å². The molecule has 0 aliphatic heterocycles. The van der Waals surface area contributed by atoms with Crippen molar-refractivity contribution in [2.45, 2.75) is 13.3 Å². The van der Waals surface area contributed by atoms with Crippen molar-refractivity contribution in [3.63, 3.8) is 0 Å². The molecule has 0 atom stereocenters. The second-order valence-electron chi connectivity index (χ2n) is 4.26. The molecule has 0 unspecified atom stereocenters. The van der Waals surface area contributed by atoms with Gasteiger partial charge in [0.2, 0.25) is 0 Å². The van der Waals surface area contributed by atoms with Crippen LogP contribution >= 0.6 is 15.9 Å². The lowest BCUT2D eigenvalue weighted by Gasteiger charge is -1.99. The number of hydrogen-bond donors (Lipinski definition) is 0. The lowest BCUT2D eigenvalue weighted by molar-refractivity contribution is 0.569. The zero-order chi connectivity index (χ0) is 14.4. The van der Waals surface area contributed by atoms with E-state index in [0.717, 1.165) is 22.0 Å². The van der Waals surface area contributed by atoms with Crippen LogP contribution in [0.5, 0.6) is 0 Å². The molecule has 0 saturated heterocycles. The van der Waals surface area contributed by atoms with Gasteiger partial charge in [0.1, 0.15) is 11.5 Å². The van der Waals surface area contributed by atoms with E-state index in [4.69, 9.17) is 0 Å². The quantitative estimate of drug-likeness (QED) is 0.595. The Morgan fingerprint density at radius 3 is 2.40 bits per heavy atom. The Morgan fingerprint density at radius 1 is 1.10 bits per heavy atom. The van der Waals surface area contributed by atoms with Crippen LogP contribution in [0.2, 0.25) is 0 Å². The summed E-state index contributed by atoms with van der Waals surface area (Å²) >= 11 is 3.42. The Kier molecular flexibility index (Phi) is 4.96. The minimum atomic E-state index is 0.358. The Balaban J connectivity index is 2.30. The molecular formula is C18H13BrO. The number of carbonyl (C=O) groups excluding carboxylic acids is 1. The van der Waals surface area contributed by atoms with E-state index in [1.165, 1.54) is 5.56 Å². The summed E-state index contributed by atoms with van der Waals surface area (Å²) in [5, 5.41) is 0. The van der Waals surface area contributed by atoms with Crippen molar-refractivity contribution in [2.24, 2.45) is 0 Å². The van der Waals surface area contributed by atoms with Gasteiger partial charge in [-0.2, -0.15) is 0 Å². The predicted octanol–water partition coefficient (Wildman–Crippen LogP) is 4.28. The molecule has 0 saturated carbocycles. The standard InChI is InChI=1S/C18H13BrO/c1-2-14-7-9-15(10-8-14)11-12-16(13-20)17-5-3-4-6-18(17)19/h3-10H,2H2,1H3. The Labute approximate surface area is 127 Å². The fourth-order valence-corrected chi connectivity index (χ4v) is 2.25. The molecule has 1 nitrogen and oxygen atoms in total. The molecule has 0 amide bonds. The van der Waals surface area contributed by atoms with Crippen LogP contribution in [0.15, 0.2) is 53.0 Å². The smallest absolute Gasteiger partial charge is 0.142 e. The molecule has 2 rings (SSSR count). The first-order chi connectivity index (χ1) is 9.74. The molecule has 0 aliphatic carbocycles. The fourth-order valence-electron chi connectivity index (χ4n) is 1.77. The molecule has 2 heteroatoms. The molecule has 2 aromatic rings. The summed E-state index contributed by atoms with van der Waals surface area (Å²) < 4.78 is 0.842. The summed E-state index contributed by atoms with van der Waals surface area (Å²) in [7, 11) is 0. The van der Waals surface area contributed by atoms with Crippen LogP contribution in [0.25, 0.3) is 5.57 Å². The molecule has 0 heterocycles. The second kappa shape index (κ2) is 6.91. The van der Waals surface area contributed by atoms with E-state index < -0.39 is 0 Å². The van der Waals surface area contributed by atoms with Crippen molar-refractivity contribution in [1.29, 1.82) is 0 Å². The molecule has 20 heavy (non-hydrogen) atoms. The monoisotopic (exact) mass is 324 g/mol. The van der Waals surface area contributed by atoms with E-state index in [-0.39, 0.29) is 0 Å². The number of rotatable bonds is 2. The number of halogens is 1. The Hall–Kier alpha value is -2.07. The SMILES string of the molecule is CCc1ccc(C#CC(=C=O)c2ccccc2Br)cc1. The largest absolute Gasteiger partial charge is 0.232 e. The van der Waals surface area contributed by atoms with Crippen molar-refractivity contribution in [2.75, 3.05) is 0 Å². The van der Waals surface area contributed by atoms with E-state index in [2.05, 4.69) is 34.7 Å². The highest BCUT2D eigenvalue weighted by atomic mass is 79.9. The number of allylic oxidation sites excluding steroid dienone is 1. The van der Waals surface area contributed by atoms with Gasteiger partial charge in [0.05, 0.1) is 0 Å². The molecule has 0 bridgehead atoms. The van der Waals surface area contributed by atoms with Crippen molar-refractivity contribution < 1.29 is 4.79 Å². The first-order valence-electron chi connectivity index (χ1n) is 6.35. The van der Waals surface area contributed by atoms with Gasteiger partial charge in [0, 0.05) is 15.6 Å². The summed E-state index contributed by atoms with van der Waals surface area (Å²) in [6.07, 6.45) is 1.00. The van der Waals surface area contributed by atoms with Crippen molar-refractivity contribution >= 4 is 27.4 Å². The van der Waals surface area contributed by atoms with Crippen LogP contribution < -0.4 is 0 Å². The third kappa shape index (κ3) is 3.48. The molecule has 2 aromatic carbocycles. The van der Waals surface area contributed by atoms with Gasteiger partial charge in [0.15, 0.2) is 0 Å². The normalized spacial score (nSPS) is 9.30. The molecular weight excluding hydrogens is 312 g/mol. The zero-order valence-electron chi connectivity index (χ0n) is 11.1. The van der Waals surface area contributed by atoms with Crippen LogP contribution in [0.1, 0.15) is 23.6 Å². The second-order valence-corrected chi connectivity index (χ2v) is 5.11. The average Bonchev–Trinajstić information content (AvgIpc) is 2.50. The summed E-state index contributed by atoms with van der Waals surface area (Å²) in [5.41, 5.74) is 3.28. The molecule has 0 spiro atoms. The molecule has 98 valence electrons. The molecule has 0 fully saturated rings. The zero-order valence-corrected chi connectivity index (χ0v) is 12.7.